The van der Waals surface area contributed by atoms with Crippen LogP contribution in [0.2, 0.25) is 5.02 Å². The van der Waals surface area contributed by atoms with Gasteiger partial charge in [-0.05, 0) is 61.9 Å². The van der Waals surface area contributed by atoms with Crippen LogP contribution in [0.3, 0.4) is 0 Å². The number of aliphatic imine (C=N–C) groups is 2. The lowest BCUT2D eigenvalue weighted by Crippen LogP contribution is -2.43. The van der Waals surface area contributed by atoms with E-state index in [-0.39, 0.29) is 0 Å². The van der Waals surface area contributed by atoms with Gasteiger partial charge in [-0.2, -0.15) is 0 Å². The van der Waals surface area contributed by atoms with Gasteiger partial charge in [0, 0.05) is 23.0 Å². The van der Waals surface area contributed by atoms with Crippen molar-refractivity contribution in [3.63, 3.8) is 0 Å². The molecular formula is C21H21ClN2O3. The lowest BCUT2D eigenvalue weighted by atomic mass is 9.94. The van der Waals surface area contributed by atoms with Crippen molar-refractivity contribution < 1.29 is 14.2 Å². The Balaban J connectivity index is 1.56. The second-order valence-corrected chi connectivity index (χ2v) is 7.27. The summed E-state index contributed by atoms with van der Waals surface area (Å²) in [5.41, 5.74) is 0.361. The van der Waals surface area contributed by atoms with Gasteiger partial charge in [-0.3, -0.25) is 9.98 Å². The number of ether oxygens (including phenoxy) is 3. The van der Waals surface area contributed by atoms with Gasteiger partial charge in [0.1, 0.15) is 11.5 Å². The van der Waals surface area contributed by atoms with E-state index in [0.29, 0.717) is 24.7 Å². The van der Waals surface area contributed by atoms with Crippen molar-refractivity contribution in [1.82, 2.24) is 0 Å². The summed E-state index contributed by atoms with van der Waals surface area (Å²) in [6, 6.07) is 15.0. The summed E-state index contributed by atoms with van der Waals surface area (Å²) >= 11 is 5.91. The maximum atomic E-state index is 6.12. The van der Waals surface area contributed by atoms with Gasteiger partial charge in [0.25, 0.3) is 0 Å². The number of rotatable bonds is 5. The van der Waals surface area contributed by atoms with Crippen LogP contribution in [0, 0.1) is 0 Å². The SMILES string of the molecule is CC1(CC2(c3ccc(Oc4ccc(Cl)cc4)cc3)OCCCO2)N=CC=N1. The van der Waals surface area contributed by atoms with Gasteiger partial charge in [-0.25, -0.2) is 0 Å². The van der Waals surface area contributed by atoms with E-state index in [1.807, 2.05) is 43.3 Å². The Bertz CT molecular complexity index is 829. The van der Waals surface area contributed by atoms with Crippen LogP contribution in [0.5, 0.6) is 11.5 Å². The third-order valence-corrected chi connectivity index (χ3v) is 4.89. The van der Waals surface area contributed by atoms with Gasteiger partial charge in [0.15, 0.2) is 11.4 Å². The number of halogens is 1. The molecule has 4 rings (SSSR count). The van der Waals surface area contributed by atoms with Crippen LogP contribution in [-0.2, 0) is 15.3 Å². The van der Waals surface area contributed by atoms with Crippen LogP contribution in [-0.4, -0.2) is 31.3 Å². The molecule has 2 aromatic rings. The zero-order chi connectivity index (χ0) is 18.7. The Labute approximate surface area is 163 Å². The molecule has 0 N–H and O–H groups in total. The predicted molar refractivity (Wildman–Crippen MR) is 106 cm³/mol. The van der Waals surface area contributed by atoms with Crippen molar-refractivity contribution in [2.75, 3.05) is 13.2 Å². The zero-order valence-electron chi connectivity index (χ0n) is 15.1. The molecular weight excluding hydrogens is 364 g/mol. The number of benzene rings is 2. The maximum absolute atomic E-state index is 6.12. The Hall–Kier alpha value is -2.21. The molecule has 27 heavy (non-hydrogen) atoms. The van der Waals surface area contributed by atoms with E-state index in [9.17, 15) is 0 Å². The first-order valence-corrected chi connectivity index (χ1v) is 9.36. The molecule has 0 aliphatic carbocycles. The molecule has 5 nitrogen and oxygen atoms in total. The first-order chi connectivity index (χ1) is 13.1. The van der Waals surface area contributed by atoms with E-state index < -0.39 is 11.4 Å². The molecule has 1 fully saturated rings. The van der Waals surface area contributed by atoms with E-state index >= 15 is 0 Å². The number of hydrogen-bond donors (Lipinski definition) is 0. The molecule has 2 aliphatic rings. The van der Waals surface area contributed by atoms with Gasteiger partial charge in [-0.1, -0.05) is 11.6 Å². The second kappa shape index (κ2) is 7.43. The fourth-order valence-corrected chi connectivity index (χ4v) is 3.44. The number of nitrogens with zero attached hydrogens (tertiary/aromatic N) is 2. The van der Waals surface area contributed by atoms with E-state index in [2.05, 4.69) is 9.98 Å². The van der Waals surface area contributed by atoms with Crippen LogP contribution in [0.1, 0.15) is 25.3 Å². The highest BCUT2D eigenvalue weighted by Gasteiger charge is 2.44. The molecule has 0 spiro atoms. The minimum atomic E-state index is -0.856. The smallest absolute Gasteiger partial charge is 0.199 e. The molecule has 2 heterocycles. The van der Waals surface area contributed by atoms with Gasteiger partial charge in [-0.15, -0.1) is 0 Å². The molecule has 2 aliphatic heterocycles. The highest BCUT2D eigenvalue weighted by molar-refractivity contribution is 6.30. The van der Waals surface area contributed by atoms with Crippen molar-refractivity contribution in [3.8, 4) is 11.5 Å². The standard InChI is InChI=1S/C21H21ClN2O3/c1-20(23-11-12-24-20)15-21(25-13-2-14-26-21)16-3-7-18(8-4-16)27-19-9-5-17(22)6-10-19/h3-12H,2,13-15H2,1H3. The lowest BCUT2D eigenvalue weighted by molar-refractivity contribution is -0.285. The topological polar surface area (TPSA) is 52.4 Å². The summed E-state index contributed by atoms with van der Waals surface area (Å²) < 4.78 is 18.1. The highest BCUT2D eigenvalue weighted by atomic mass is 35.5. The van der Waals surface area contributed by atoms with Gasteiger partial charge < -0.3 is 14.2 Å². The van der Waals surface area contributed by atoms with E-state index in [1.54, 1.807) is 24.6 Å². The summed E-state index contributed by atoms with van der Waals surface area (Å²) in [5.74, 6) is 0.606. The van der Waals surface area contributed by atoms with Gasteiger partial charge in [0.05, 0.1) is 19.6 Å². The van der Waals surface area contributed by atoms with Crippen molar-refractivity contribution in [2.24, 2.45) is 9.98 Å². The van der Waals surface area contributed by atoms with Crippen molar-refractivity contribution in [2.45, 2.75) is 31.2 Å². The van der Waals surface area contributed by atoms with Crippen molar-refractivity contribution >= 4 is 24.0 Å². The monoisotopic (exact) mass is 384 g/mol. The second-order valence-electron chi connectivity index (χ2n) is 6.83. The summed E-state index contributed by atoms with van der Waals surface area (Å²) in [7, 11) is 0. The summed E-state index contributed by atoms with van der Waals surface area (Å²) in [6.07, 6.45) is 4.84. The molecule has 6 heteroatoms. The van der Waals surface area contributed by atoms with E-state index in [0.717, 1.165) is 23.5 Å². The first kappa shape index (κ1) is 18.2. The highest BCUT2D eigenvalue weighted by Crippen LogP contribution is 2.41. The number of hydrogen-bond acceptors (Lipinski definition) is 5. The average Bonchev–Trinajstić information content (AvgIpc) is 3.11. The Kier molecular flexibility index (Phi) is 5.00. The van der Waals surface area contributed by atoms with Crippen molar-refractivity contribution in [1.29, 1.82) is 0 Å². The maximum Gasteiger partial charge on any atom is 0.199 e. The molecule has 1 saturated heterocycles. The van der Waals surface area contributed by atoms with Crippen LogP contribution in [0.15, 0.2) is 58.5 Å². The predicted octanol–water partition coefficient (Wildman–Crippen LogP) is 4.98. The zero-order valence-corrected chi connectivity index (χ0v) is 15.9. The van der Waals surface area contributed by atoms with Crippen molar-refractivity contribution in [3.05, 3.63) is 59.1 Å². The minimum absolute atomic E-state index is 0.518. The molecule has 140 valence electrons. The molecule has 0 amide bonds. The van der Waals surface area contributed by atoms with Gasteiger partial charge in [0.2, 0.25) is 0 Å². The third-order valence-electron chi connectivity index (χ3n) is 4.64. The normalized spacial score (nSPS) is 19.9. The van der Waals surface area contributed by atoms with Crippen LogP contribution >= 0.6 is 11.6 Å². The lowest BCUT2D eigenvalue weighted by Gasteiger charge is -2.40. The molecule has 0 aromatic heterocycles. The molecule has 2 aromatic carbocycles. The molecule has 0 bridgehead atoms. The van der Waals surface area contributed by atoms with Crippen LogP contribution < -0.4 is 4.74 Å². The van der Waals surface area contributed by atoms with Gasteiger partial charge >= 0.3 is 0 Å². The van der Waals surface area contributed by atoms with Crippen LogP contribution in [0.4, 0.5) is 0 Å². The first-order valence-electron chi connectivity index (χ1n) is 8.98. The summed E-state index contributed by atoms with van der Waals surface area (Å²) in [4.78, 5) is 8.94. The molecule has 0 saturated carbocycles. The Morgan fingerprint density at radius 2 is 1.48 bits per heavy atom. The summed E-state index contributed by atoms with van der Waals surface area (Å²) in [5, 5.41) is 0.678. The molecule has 0 radical (unpaired) electrons. The quantitative estimate of drug-likeness (QED) is 0.730. The van der Waals surface area contributed by atoms with E-state index in [1.165, 1.54) is 0 Å². The van der Waals surface area contributed by atoms with Crippen LogP contribution in [0.25, 0.3) is 0 Å². The third kappa shape index (κ3) is 4.05. The average molecular weight is 385 g/mol. The Morgan fingerprint density at radius 3 is 2.07 bits per heavy atom. The fourth-order valence-electron chi connectivity index (χ4n) is 3.31. The minimum Gasteiger partial charge on any atom is -0.457 e. The fraction of sp³-hybridized carbons (Fsp3) is 0.333. The van der Waals surface area contributed by atoms with E-state index in [4.69, 9.17) is 25.8 Å². The molecule has 0 unspecified atom stereocenters. The largest absolute Gasteiger partial charge is 0.457 e. The molecule has 0 atom stereocenters. The Morgan fingerprint density at radius 1 is 0.926 bits per heavy atom. The summed E-state index contributed by atoms with van der Waals surface area (Å²) in [6.45, 7) is 3.27.